The fraction of sp³-hybridized carbons (Fsp3) is 0. The van der Waals surface area contributed by atoms with Crippen molar-refractivity contribution in [3.05, 3.63) is 47.2 Å². The van der Waals surface area contributed by atoms with Gasteiger partial charge >= 0.3 is 0 Å². The van der Waals surface area contributed by atoms with E-state index in [2.05, 4.69) is 19.8 Å². The van der Waals surface area contributed by atoms with Crippen LogP contribution in [0.25, 0.3) is 25.8 Å². The number of benzene rings is 1. The lowest BCUT2D eigenvalue weighted by Gasteiger charge is -1.98. The van der Waals surface area contributed by atoms with Crippen LogP contribution in [0.1, 0.15) is 0 Å². The quantitative estimate of drug-likeness (QED) is 0.630. The summed E-state index contributed by atoms with van der Waals surface area (Å²) in [6.07, 6.45) is 3.17. The average Bonchev–Trinajstić information content (AvgIpc) is 2.83. The van der Waals surface area contributed by atoms with Gasteiger partial charge < -0.3 is 0 Å². The maximum Gasteiger partial charge on any atom is 0.206 e. The third kappa shape index (κ3) is 1.82. The van der Waals surface area contributed by atoms with Gasteiger partial charge in [0.05, 0.1) is 12.8 Å². The summed E-state index contributed by atoms with van der Waals surface area (Å²) in [5, 5.41) is 1.27. The second-order valence-electron chi connectivity index (χ2n) is 3.51. The summed E-state index contributed by atoms with van der Waals surface area (Å²) in [5.41, 5.74) is 2.06. The number of fused-ring (bicyclic) bond motifs is 1. The molecule has 0 unspecified atom stereocenters. The van der Waals surface area contributed by atoms with E-state index in [1.165, 1.54) is 17.7 Å². The first-order valence-corrected chi connectivity index (χ1v) is 6.21. The number of nitrogens with zero attached hydrogens (tertiary/aromatic N) is 4. The highest BCUT2D eigenvalue weighted by Crippen LogP contribution is 2.33. The molecule has 18 heavy (non-hydrogen) atoms. The monoisotopic (exact) mass is 272 g/mol. The second kappa shape index (κ2) is 4.33. The Morgan fingerprint density at radius 3 is 3.00 bits per heavy atom. The third-order valence-electron chi connectivity index (χ3n) is 2.39. The molecule has 0 amide bonds. The van der Waals surface area contributed by atoms with Crippen LogP contribution in [0, 0.1) is 6.57 Å². The molecule has 1 aromatic carbocycles. The first kappa shape index (κ1) is 11.1. The van der Waals surface area contributed by atoms with Gasteiger partial charge in [0, 0.05) is 10.6 Å². The fourth-order valence-corrected chi connectivity index (χ4v) is 2.58. The average molecular weight is 273 g/mol. The number of hydrogen-bond acceptors (Lipinski definition) is 4. The molecule has 3 rings (SSSR count). The van der Waals surface area contributed by atoms with Gasteiger partial charge in [-0.15, -0.1) is 0 Å². The zero-order valence-electron chi connectivity index (χ0n) is 8.96. The molecule has 0 N–H and O–H groups in total. The maximum absolute atomic E-state index is 7.05. The molecule has 0 aliphatic heterocycles. The summed E-state index contributed by atoms with van der Waals surface area (Å²) in [6.45, 7) is 7.05. The van der Waals surface area contributed by atoms with Gasteiger partial charge in [0.25, 0.3) is 0 Å². The second-order valence-corrected chi connectivity index (χ2v) is 4.89. The number of hydrogen-bond donors (Lipinski definition) is 0. The smallest absolute Gasteiger partial charge is 0.206 e. The van der Waals surface area contributed by atoms with E-state index >= 15 is 0 Å². The van der Waals surface area contributed by atoms with Crippen LogP contribution >= 0.6 is 22.9 Å². The van der Waals surface area contributed by atoms with Crippen LogP contribution in [-0.4, -0.2) is 15.0 Å². The molecule has 0 saturated carbocycles. The predicted octanol–water partition coefficient (Wildman–Crippen LogP) is 3.96. The number of thiazole rings is 1. The molecule has 0 aliphatic carbocycles. The van der Waals surface area contributed by atoms with Crippen LogP contribution in [0.4, 0.5) is 5.69 Å². The molecule has 0 bridgehead atoms. The van der Waals surface area contributed by atoms with Gasteiger partial charge in [-0.2, -0.15) is 0 Å². The van der Waals surface area contributed by atoms with Crippen LogP contribution in [0.5, 0.6) is 0 Å². The largest absolute Gasteiger partial charge is 0.242 e. The van der Waals surface area contributed by atoms with Crippen molar-refractivity contribution in [1.29, 1.82) is 0 Å². The fourth-order valence-electron chi connectivity index (χ4n) is 1.55. The van der Waals surface area contributed by atoms with E-state index in [-0.39, 0.29) is 0 Å². The zero-order valence-corrected chi connectivity index (χ0v) is 10.5. The van der Waals surface area contributed by atoms with Crippen LogP contribution in [0.2, 0.25) is 5.02 Å². The molecule has 0 atom stereocenters. The molecule has 3 aromatic rings. The molecule has 0 saturated heterocycles. The van der Waals surface area contributed by atoms with E-state index in [4.69, 9.17) is 18.2 Å². The van der Waals surface area contributed by atoms with E-state index in [1.807, 2.05) is 6.07 Å². The van der Waals surface area contributed by atoms with Crippen LogP contribution in [-0.2, 0) is 0 Å². The van der Waals surface area contributed by atoms with Gasteiger partial charge in [-0.1, -0.05) is 35.1 Å². The van der Waals surface area contributed by atoms with E-state index in [9.17, 15) is 0 Å². The molecule has 0 spiro atoms. The number of halogens is 1. The Kier molecular flexibility index (Phi) is 2.67. The number of rotatable bonds is 1. The van der Waals surface area contributed by atoms with Crippen molar-refractivity contribution >= 4 is 39.0 Å². The minimum Gasteiger partial charge on any atom is -0.242 e. The van der Waals surface area contributed by atoms with E-state index in [0.717, 1.165) is 20.9 Å². The Labute approximate surface area is 112 Å². The Morgan fingerprint density at radius 2 is 2.22 bits per heavy atom. The lowest BCUT2D eigenvalue weighted by molar-refractivity contribution is 1.22. The summed E-state index contributed by atoms with van der Waals surface area (Å²) in [6, 6.07) is 5.30. The Balaban J connectivity index is 2.17. The predicted molar refractivity (Wildman–Crippen MR) is 71.9 cm³/mol. The molecule has 0 aliphatic rings. The van der Waals surface area contributed by atoms with Gasteiger partial charge in [-0.25, -0.2) is 19.8 Å². The SMILES string of the molecule is [C-]#[N+]c1cc(-c2nc3cncnc3s2)ccc1Cl. The van der Waals surface area contributed by atoms with Crippen LogP contribution in [0.15, 0.2) is 30.7 Å². The molecular weight excluding hydrogens is 268 g/mol. The molecule has 2 heterocycles. The van der Waals surface area contributed by atoms with E-state index in [0.29, 0.717) is 10.7 Å². The Hall–Kier alpha value is -2.03. The Morgan fingerprint density at radius 1 is 1.33 bits per heavy atom. The standard InChI is InChI=1S/C12H5ClN4S/c1-14-9-4-7(2-3-8(9)13)11-17-10-5-15-6-16-12(10)18-11/h2-6H. The first-order chi connectivity index (χ1) is 8.78. The van der Waals surface area contributed by atoms with Gasteiger partial charge in [-0.3, -0.25) is 0 Å². The summed E-state index contributed by atoms with van der Waals surface area (Å²) < 4.78 is 0. The molecule has 86 valence electrons. The maximum atomic E-state index is 7.05. The van der Waals surface area contributed by atoms with Crippen molar-refractivity contribution in [2.24, 2.45) is 0 Å². The first-order valence-electron chi connectivity index (χ1n) is 5.02. The van der Waals surface area contributed by atoms with E-state index in [1.54, 1.807) is 18.3 Å². The lowest BCUT2D eigenvalue weighted by Crippen LogP contribution is -1.77. The van der Waals surface area contributed by atoms with Crippen molar-refractivity contribution in [1.82, 2.24) is 15.0 Å². The normalized spacial score (nSPS) is 10.4. The molecular formula is C12H5ClN4S. The van der Waals surface area contributed by atoms with Crippen molar-refractivity contribution in [2.75, 3.05) is 0 Å². The van der Waals surface area contributed by atoms with Crippen molar-refractivity contribution in [3.8, 4) is 10.6 Å². The van der Waals surface area contributed by atoms with Crippen molar-refractivity contribution in [3.63, 3.8) is 0 Å². The molecule has 0 fully saturated rings. The molecule has 6 heteroatoms. The third-order valence-corrected chi connectivity index (χ3v) is 3.73. The van der Waals surface area contributed by atoms with E-state index < -0.39 is 0 Å². The minimum absolute atomic E-state index is 0.430. The molecule has 2 aromatic heterocycles. The van der Waals surface area contributed by atoms with Gasteiger partial charge in [0.15, 0.2) is 0 Å². The zero-order chi connectivity index (χ0) is 12.5. The number of aromatic nitrogens is 3. The molecule has 4 nitrogen and oxygen atoms in total. The van der Waals surface area contributed by atoms with Gasteiger partial charge in [0.1, 0.15) is 21.7 Å². The highest BCUT2D eigenvalue weighted by atomic mass is 35.5. The lowest BCUT2D eigenvalue weighted by atomic mass is 10.2. The van der Waals surface area contributed by atoms with Crippen LogP contribution in [0.3, 0.4) is 0 Å². The summed E-state index contributed by atoms with van der Waals surface area (Å²) in [4.78, 5) is 16.7. The Bertz CT molecular complexity index is 742. The van der Waals surface area contributed by atoms with Gasteiger partial charge in [-0.05, 0) is 6.07 Å². The van der Waals surface area contributed by atoms with Crippen LogP contribution < -0.4 is 0 Å². The minimum atomic E-state index is 0.430. The highest BCUT2D eigenvalue weighted by Gasteiger charge is 2.09. The topological polar surface area (TPSA) is 43.0 Å². The summed E-state index contributed by atoms with van der Waals surface area (Å²) >= 11 is 7.38. The summed E-state index contributed by atoms with van der Waals surface area (Å²) in [7, 11) is 0. The van der Waals surface area contributed by atoms with Crippen molar-refractivity contribution in [2.45, 2.75) is 0 Å². The van der Waals surface area contributed by atoms with Gasteiger partial charge in [0.2, 0.25) is 5.69 Å². The molecule has 0 radical (unpaired) electrons. The highest BCUT2D eigenvalue weighted by molar-refractivity contribution is 7.21. The summed E-state index contributed by atoms with van der Waals surface area (Å²) in [5.74, 6) is 0. The van der Waals surface area contributed by atoms with Crippen molar-refractivity contribution < 1.29 is 0 Å².